The molecule has 0 fully saturated rings. The van der Waals surface area contributed by atoms with E-state index in [1.807, 2.05) is 0 Å². The van der Waals surface area contributed by atoms with Crippen molar-refractivity contribution in [2.75, 3.05) is 0 Å². The fourth-order valence-electron chi connectivity index (χ4n) is 0.777. The minimum absolute atomic E-state index is 0.00231. The number of carbonyl (C=O) groups excluding carboxylic acids is 1. The summed E-state index contributed by atoms with van der Waals surface area (Å²) in [4.78, 5) is 34.0. The first kappa shape index (κ1) is 5.90. The second-order valence-electron chi connectivity index (χ2n) is 1.91. The Kier molecular flexibility index (Phi) is 0.974. The molecule has 1 N–H and O–H groups in total. The van der Waals surface area contributed by atoms with E-state index in [9.17, 15) is 9.59 Å². The van der Waals surface area contributed by atoms with Crippen LogP contribution in [0.4, 0.5) is 4.79 Å². The smallest absolute Gasteiger partial charge is 0.311 e. The first-order valence-corrected chi connectivity index (χ1v) is 2.82. The number of fused-ring (bicyclic) bond motifs is 1. The van der Waals surface area contributed by atoms with Crippen molar-refractivity contribution in [3.05, 3.63) is 27.5 Å². The van der Waals surface area contributed by atoms with Crippen LogP contribution >= 0.6 is 0 Å². The number of H-pyrrole nitrogens is 1. The van der Waals surface area contributed by atoms with Crippen LogP contribution in [0.3, 0.4) is 0 Å². The Balaban J connectivity index is 3.10. The lowest BCUT2D eigenvalue weighted by molar-refractivity contribution is 0.256. The molecule has 0 bridgehead atoms. The number of carbonyl (C=O) groups is 1. The highest BCUT2D eigenvalue weighted by Crippen LogP contribution is 1.77. The predicted molar refractivity (Wildman–Crippen MR) is 32.6 cm³/mol. The van der Waals surface area contributed by atoms with Crippen LogP contribution < -0.4 is 16.4 Å². The van der Waals surface area contributed by atoms with Crippen molar-refractivity contribution in [1.82, 2.24) is 9.97 Å². The van der Waals surface area contributed by atoms with E-state index in [2.05, 4.69) is 20.0 Å². The molecule has 0 aliphatic carbocycles. The molecule has 0 saturated carbocycles. The van der Waals surface area contributed by atoms with Crippen molar-refractivity contribution in [1.29, 1.82) is 0 Å². The average molecular weight is 150 g/mol. The minimum atomic E-state index is -0.677. The molecule has 0 radical (unpaired) electrons. The molecular formula is C5H2N4O2. The van der Waals surface area contributed by atoms with Crippen LogP contribution in [0, 0.1) is 0 Å². The van der Waals surface area contributed by atoms with Crippen LogP contribution in [-0.4, -0.2) is 16.0 Å². The van der Waals surface area contributed by atoms with E-state index in [1.54, 1.807) is 0 Å². The second-order valence-corrected chi connectivity index (χ2v) is 1.91. The molecule has 6 heteroatoms. The number of nitrogens with one attached hydrogen (secondary N) is 1. The standard InChI is InChI=1S/C5H2N4O2/c10-4-2-3(6-1-7-4)9-5(11)8-2/h1H,(H,6,7,9,10,11). The summed E-state index contributed by atoms with van der Waals surface area (Å²) in [6.45, 7) is 0. The lowest BCUT2D eigenvalue weighted by Crippen LogP contribution is -2.40. The van der Waals surface area contributed by atoms with Crippen molar-refractivity contribution in [2.24, 2.45) is 9.98 Å². The van der Waals surface area contributed by atoms with E-state index < -0.39 is 11.6 Å². The first-order chi connectivity index (χ1) is 5.27. The molecular weight excluding hydrogens is 148 g/mol. The van der Waals surface area contributed by atoms with Crippen molar-refractivity contribution < 1.29 is 4.79 Å². The third-order valence-corrected chi connectivity index (χ3v) is 1.22. The summed E-state index contributed by atoms with van der Waals surface area (Å²) in [5.41, 5.74) is -0.344. The molecule has 1 aliphatic heterocycles. The Hall–Kier alpha value is -1.85. The van der Waals surface area contributed by atoms with Gasteiger partial charge in [-0.15, -0.1) is 0 Å². The zero-order valence-corrected chi connectivity index (χ0v) is 5.24. The van der Waals surface area contributed by atoms with Gasteiger partial charge in [0.1, 0.15) is 0 Å². The van der Waals surface area contributed by atoms with E-state index in [0.717, 1.165) is 0 Å². The highest BCUT2D eigenvalue weighted by Gasteiger charge is 2.07. The fraction of sp³-hybridized carbons (Fsp3) is 0. The van der Waals surface area contributed by atoms with E-state index in [-0.39, 0.29) is 10.8 Å². The second kappa shape index (κ2) is 1.82. The summed E-state index contributed by atoms with van der Waals surface area (Å²) >= 11 is 0. The number of hydrogen-bond donors (Lipinski definition) is 1. The molecule has 11 heavy (non-hydrogen) atoms. The summed E-state index contributed by atoms with van der Waals surface area (Å²) in [5, 5.41) is -0.00231. The van der Waals surface area contributed by atoms with Crippen LogP contribution in [-0.2, 0) is 0 Å². The van der Waals surface area contributed by atoms with Gasteiger partial charge in [0.25, 0.3) is 5.56 Å². The van der Waals surface area contributed by atoms with Crippen LogP contribution in [0.25, 0.3) is 0 Å². The maximum absolute atomic E-state index is 10.9. The molecule has 1 aromatic rings. The SMILES string of the molecule is O=C1N=c2nc[nH]c(=O)c2=N1. The first-order valence-electron chi connectivity index (χ1n) is 2.82. The third-order valence-electron chi connectivity index (χ3n) is 1.22. The van der Waals surface area contributed by atoms with Crippen molar-refractivity contribution in [3.8, 4) is 0 Å². The van der Waals surface area contributed by atoms with Gasteiger partial charge >= 0.3 is 6.03 Å². The Morgan fingerprint density at radius 1 is 1.27 bits per heavy atom. The maximum Gasteiger partial charge on any atom is 0.370 e. The van der Waals surface area contributed by atoms with E-state index >= 15 is 0 Å². The van der Waals surface area contributed by atoms with Crippen molar-refractivity contribution in [3.63, 3.8) is 0 Å². The lowest BCUT2D eigenvalue weighted by atomic mass is 10.6. The highest BCUT2D eigenvalue weighted by atomic mass is 16.2. The van der Waals surface area contributed by atoms with Gasteiger partial charge in [0, 0.05) is 0 Å². The summed E-state index contributed by atoms with van der Waals surface area (Å²) in [6.07, 6.45) is 1.18. The molecule has 2 rings (SSSR count). The topological polar surface area (TPSA) is 87.5 Å². The van der Waals surface area contributed by atoms with Crippen LogP contribution in [0.15, 0.2) is 21.1 Å². The summed E-state index contributed by atoms with van der Waals surface area (Å²) < 4.78 is 0. The predicted octanol–water partition coefficient (Wildman–Crippen LogP) is -1.86. The molecule has 0 atom stereocenters. The van der Waals surface area contributed by atoms with E-state index in [0.29, 0.717) is 0 Å². The molecule has 1 aliphatic rings. The van der Waals surface area contributed by atoms with Crippen molar-refractivity contribution >= 4 is 6.03 Å². The normalized spacial score (nSPS) is 13.6. The summed E-state index contributed by atoms with van der Waals surface area (Å²) in [5.74, 6) is 0. The van der Waals surface area contributed by atoms with Crippen LogP contribution in [0.2, 0.25) is 0 Å². The summed E-state index contributed by atoms with van der Waals surface area (Å²) in [6, 6.07) is -0.677. The highest BCUT2D eigenvalue weighted by molar-refractivity contribution is 5.77. The van der Waals surface area contributed by atoms with Crippen LogP contribution in [0.5, 0.6) is 0 Å². The lowest BCUT2D eigenvalue weighted by Gasteiger charge is -1.76. The monoisotopic (exact) mass is 150 g/mol. The van der Waals surface area contributed by atoms with Gasteiger partial charge < -0.3 is 4.98 Å². The molecule has 1 aromatic heterocycles. The number of hydrogen-bond acceptors (Lipinski definition) is 3. The number of amides is 2. The number of nitrogens with zero attached hydrogens (tertiary/aromatic N) is 3. The quantitative estimate of drug-likeness (QED) is 0.470. The maximum atomic E-state index is 10.9. The molecule has 0 saturated heterocycles. The minimum Gasteiger partial charge on any atom is -0.311 e. The molecule has 0 spiro atoms. The summed E-state index contributed by atoms with van der Waals surface area (Å²) in [7, 11) is 0. The van der Waals surface area contributed by atoms with Gasteiger partial charge in [0.2, 0.25) is 0 Å². The molecule has 2 amide bonds. The fourth-order valence-corrected chi connectivity index (χ4v) is 0.777. The zero-order chi connectivity index (χ0) is 7.84. The molecule has 2 heterocycles. The van der Waals surface area contributed by atoms with Gasteiger partial charge in [-0.2, -0.15) is 9.98 Å². The molecule has 0 aromatic carbocycles. The number of aromatic nitrogens is 2. The Bertz CT molecular complexity index is 486. The van der Waals surface area contributed by atoms with E-state index in [4.69, 9.17) is 0 Å². The van der Waals surface area contributed by atoms with Gasteiger partial charge in [-0.1, -0.05) is 0 Å². The Morgan fingerprint density at radius 3 is 2.82 bits per heavy atom. The third kappa shape index (κ3) is 0.759. The molecule has 54 valence electrons. The number of rotatable bonds is 0. The van der Waals surface area contributed by atoms with Gasteiger partial charge in [0.05, 0.1) is 6.33 Å². The Morgan fingerprint density at radius 2 is 2.09 bits per heavy atom. The van der Waals surface area contributed by atoms with Crippen LogP contribution in [0.1, 0.15) is 0 Å². The molecule has 6 nitrogen and oxygen atoms in total. The number of aromatic amines is 1. The average Bonchev–Trinajstić information content (AvgIpc) is 2.31. The largest absolute Gasteiger partial charge is 0.370 e. The number of urea groups is 1. The van der Waals surface area contributed by atoms with Gasteiger partial charge in [-0.05, 0) is 0 Å². The van der Waals surface area contributed by atoms with E-state index in [1.165, 1.54) is 6.33 Å². The Labute approximate surface area is 59.3 Å². The van der Waals surface area contributed by atoms with Crippen molar-refractivity contribution in [2.45, 2.75) is 0 Å². The van der Waals surface area contributed by atoms with Gasteiger partial charge in [-0.25, -0.2) is 9.78 Å². The molecule has 0 unspecified atom stereocenters. The van der Waals surface area contributed by atoms with Gasteiger partial charge in [-0.3, -0.25) is 4.79 Å². The zero-order valence-electron chi connectivity index (χ0n) is 5.24. The van der Waals surface area contributed by atoms with Gasteiger partial charge in [0.15, 0.2) is 10.8 Å².